The Bertz CT molecular complexity index is 599. The Hall–Kier alpha value is -0.960. The Morgan fingerprint density at radius 2 is 1.22 bits per heavy atom. The van der Waals surface area contributed by atoms with Gasteiger partial charge in [0.2, 0.25) is 0 Å². The van der Waals surface area contributed by atoms with Gasteiger partial charge < -0.3 is 0 Å². The molecule has 0 bridgehead atoms. The molecule has 0 spiro atoms. The molecule has 0 aromatic carbocycles. The van der Waals surface area contributed by atoms with Crippen LogP contribution in [0, 0.1) is 0 Å². The summed E-state index contributed by atoms with van der Waals surface area (Å²) in [6.45, 7) is 10.7. The second-order valence-electron chi connectivity index (χ2n) is 6.89. The first kappa shape index (κ1) is 26.0. The highest BCUT2D eigenvalue weighted by molar-refractivity contribution is 7.47. The average Bonchev–Trinajstić information content (AvgIpc) is 2.53. The molecule has 5 nitrogen and oxygen atoms in total. The first-order valence-electron chi connectivity index (χ1n) is 9.25. The first-order chi connectivity index (χ1) is 12.7. The molecular weight excluding hydrogens is 382 g/mol. The molecule has 0 aliphatic carbocycles. The standard InChI is InChI=1S/C20H33O5P2/c1-17(2)9-6-10-18(3)11-7-12-19(4)13-8-14-20(5)15-16-24-27(23)25-26(21)22/h9,11,13,15H,6-8,10,12,14,16H2,1-5H3/q+1/p+1. The van der Waals surface area contributed by atoms with Gasteiger partial charge in [0.05, 0.1) is 0 Å². The van der Waals surface area contributed by atoms with E-state index in [-0.39, 0.29) is 6.61 Å². The molecule has 0 saturated heterocycles. The van der Waals surface area contributed by atoms with Crippen molar-refractivity contribution < 1.29 is 22.9 Å². The summed E-state index contributed by atoms with van der Waals surface area (Å²) in [7, 11) is -5.44. The molecule has 27 heavy (non-hydrogen) atoms. The Kier molecular flexibility index (Phi) is 15.5. The summed E-state index contributed by atoms with van der Waals surface area (Å²) in [4.78, 5) is 8.44. The normalized spacial score (nSPS) is 14.2. The molecule has 0 heterocycles. The van der Waals surface area contributed by atoms with Gasteiger partial charge in [-0.3, -0.25) is 0 Å². The molecule has 7 heteroatoms. The molecule has 1 N–H and O–H groups in total. The molecule has 0 amide bonds. The van der Waals surface area contributed by atoms with Crippen molar-refractivity contribution in [3.63, 3.8) is 0 Å². The van der Waals surface area contributed by atoms with Crippen LogP contribution in [0.5, 0.6) is 0 Å². The highest BCUT2D eigenvalue weighted by atomic mass is 31.2. The van der Waals surface area contributed by atoms with Crippen LogP contribution in [-0.2, 0) is 18.0 Å². The van der Waals surface area contributed by atoms with E-state index >= 15 is 0 Å². The van der Waals surface area contributed by atoms with Gasteiger partial charge in [-0.25, -0.2) is 0 Å². The molecule has 152 valence electrons. The predicted molar refractivity (Wildman–Crippen MR) is 113 cm³/mol. The summed E-state index contributed by atoms with van der Waals surface area (Å²) in [6.07, 6.45) is 14.9. The van der Waals surface area contributed by atoms with E-state index < -0.39 is 16.5 Å². The second kappa shape index (κ2) is 16.0. The van der Waals surface area contributed by atoms with Crippen LogP contribution in [-0.4, -0.2) is 11.5 Å². The third-order valence-electron chi connectivity index (χ3n) is 3.90. The maximum Gasteiger partial charge on any atom is 0.748 e. The predicted octanol–water partition coefficient (Wildman–Crippen LogP) is 7.47. The van der Waals surface area contributed by atoms with Crippen LogP contribution in [0.25, 0.3) is 0 Å². The molecule has 2 atom stereocenters. The number of rotatable bonds is 14. The van der Waals surface area contributed by atoms with Gasteiger partial charge in [-0.05, 0) is 73.1 Å². The Morgan fingerprint density at radius 1 is 0.778 bits per heavy atom. The lowest BCUT2D eigenvalue weighted by atomic mass is 10.0. The molecule has 0 aliphatic rings. The molecule has 0 rings (SSSR count). The van der Waals surface area contributed by atoms with Crippen molar-refractivity contribution in [3.05, 3.63) is 46.6 Å². The highest BCUT2D eigenvalue weighted by Gasteiger charge is 2.36. The topological polar surface area (TPSA) is 72.8 Å². The highest BCUT2D eigenvalue weighted by Crippen LogP contribution is 2.35. The van der Waals surface area contributed by atoms with Gasteiger partial charge in [-0.2, -0.15) is 0 Å². The van der Waals surface area contributed by atoms with E-state index in [1.54, 1.807) is 0 Å². The lowest BCUT2D eigenvalue weighted by Crippen LogP contribution is -1.85. The van der Waals surface area contributed by atoms with Crippen LogP contribution in [0.3, 0.4) is 0 Å². The maximum absolute atomic E-state index is 11.1. The Balaban J connectivity index is 4.03. The van der Waals surface area contributed by atoms with Crippen LogP contribution in [0.1, 0.15) is 73.1 Å². The van der Waals surface area contributed by atoms with Crippen LogP contribution >= 0.6 is 16.5 Å². The van der Waals surface area contributed by atoms with Crippen molar-refractivity contribution in [3.8, 4) is 0 Å². The Morgan fingerprint density at radius 3 is 1.67 bits per heavy atom. The second-order valence-corrected chi connectivity index (χ2v) is 8.72. The van der Waals surface area contributed by atoms with Crippen LogP contribution in [0.4, 0.5) is 0 Å². The van der Waals surface area contributed by atoms with Gasteiger partial charge in [0, 0.05) is 9.13 Å². The molecule has 2 unspecified atom stereocenters. The van der Waals surface area contributed by atoms with Gasteiger partial charge in [-0.15, -0.1) is 9.42 Å². The summed E-state index contributed by atoms with van der Waals surface area (Å²) in [5.41, 5.74) is 5.33. The van der Waals surface area contributed by atoms with Crippen molar-refractivity contribution >= 4 is 16.5 Å². The molecule has 0 aliphatic heterocycles. The van der Waals surface area contributed by atoms with Gasteiger partial charge in [0.1, 0.15) is 6.61 Å². The van der Waals surface area contributed by atoms with Crippen molar-refractivity contribution in [1.82, 2.24) is 0 Å². The quantitative estimate of drug-likeness (QED) is 0.235. The average molecular weight is 416 g/mol. The fourth-order valence-electron chi connectivity index (χ4n) is 2.31. The largest absolute Gasteiger partial charge is 0.748 e. The molecule has 0 aromatic heterocycles. The third-order valence-corrected chi connectivity index (χ3v) is 5.35. The van der Waals surface area contributed by atoms with E-state index in [1.807, 2.05) is 13.0 Å². The third kappa shape index (κ3) is 18.2. The Labute approximate surface area is 166 Å². The van der Waals surface area contributed by atoms with Crippen molar-refractivity contribution in [2.24, 2.45) is 0 Å². The van der Waals surface area contributed by atoms with E-state index in [1.165, 1.54) is 16.7 Å². The van der Waals surface area contributed by atoms with Gasteiger partial charge in [0.25, 0.3) is 0 Å². The van der Waals surface area contributed by atoms with E-state index in [9.17, 15) is 9.13 Å². The summed E-state index contributed by atoms with van der Waals surface area (Å²) < 4.78 is 30.4. The minimum Gasteiger partial charge on any atom is -0.131 e. The zero-order valence-corrected chi connectivity index (χ0v) is 19.0. The van der Waals surface area contributed by atoms with Crippen LogP contribution < -0.4 is 0 Å². The summed E-state index contributed by atoms with van der Waals surface area (Å²) >= 11 is 0. The monoisotopic (exact) mass is 416 g/mol. The number of allylic oxidation sites excluding steroid dienone is 7. The van der Waals surface area contributed by atoms with E-state index in [4.69, 9.17) is 9.42 Å². The fourth-order valence-corrected chi connectivity index (χ4v) is 3.15. The molecule has 0 aromatic rings. The molecular formula is C20H34O5P2+2. The molecule has 0 fully saturated rings. The minimum atomic E-state index is -2.90. The fraction of sp³-hybridized carbons (Fsp3) is 0.600. The zero-order valence-electron chi connectivity index (χ0n) is 17.2. The van der Waals surface area contributed by atoms with Crippen molar-refractivity contribution in [2.75, 3.05) is 6.61 Å². The lowest BCUT2D eigenvalue weighted by Gasteiger charge is -2.02. The molecule has 0 saturated carbocycles. The van der Waals surface area contributed by atoms with Crippen molar-refractivity contribution in [1.29, 1.82) is 0 Å². The summed E-state index contributed by atoms with van der Waals surface area (Å²) in [5, 5.41) is 0. The summed E-state index contributed by atoms with van der Waals surface area (Å²) in [6, 6.07) is 0. The van der Waals surface area contributed by atoms with Crippen molar-refractivity contribution in [2.45, 2.75) is 73.1 Å². The number of hydrogen-bond donors (Lipinski definition) is 1. The lowest BCUT2D eigenvalue weighted by molar-refractivity contribution is 0.306. The number of hydrogen-bond acceptors (Lipinski definition) is 4. The first-order valence-corrected chi connectivity index (χ1v) is 11.5. The smallest absolute Gasteiger partial charge is 0.131 e. The van der Waals surface area contributed by atoms with E-state index in [0.717, 1.165) is 44.1 Å². The SMILES string of the molecule is CC(C)=CCCC(C)=CCCC(C)=CCCC(C)=CCO[P+](=O)O[P+](=O)O. The van der Waals surface area contributed by atoms with Crippen LogP contribution in [0.2, 0.25) is 0 Å². The van der Waals surface area contributed by atoms with Crippen LogP contribution in [0.15, 0.2) is 46.6 Å². The van der Waals surface area contributed by atoms with Gasteiger partial charge in [0.15, 0.2) is 4.31 Å². The minimum absolute atomic E-state index is 0.101. The van der Waals surface area contributed by atoms with E-state index in [2.05, 4.69) is 50.2 Å². The molecule has 0 radical (unpaired) electrons. The maximum atomic E-state index is 11.1. The van der Waals surface area contributed by atoms with Gasteiger partial charge in [-0.1, -0.05) is 46.6 Å². The van der Waals surface area contributed by atoms with Gasteiger partial charge >= 0.3 is 16.5 Å². The zero-order chi connectivity index (χ0) is 20.7. The van der Waals surface area contributed by atoms with E-state index in [0.29, 0.717) is 0 Å². The summed E-state index contributed by atoms with van der Waals surface area (Å²) in [5.74, 6) is 0.